The van der Waals surface area contributed by atoms with Crippen molar-refractivity contribution in [2.75, 3.05) is 87.0 Å². The van der Waals surface area contributed by atoms with Gasteiger partial charge in [0.05, 0.1) is 11.4 Å². The second-order valence-corrected chi connectivity index (χ2v) is 20.3. The van der Waals surface area contributed by atoms with Crippen LogP contribution in [0.3, 0.4) is 0 Å². The van der Waals surface area contributed by atoms with E-state index < -0.39 is 0 Å². The van der Waals surface area contributed by atoms with Crippen LogP contribution in [0.25, 0.3) is 0 Å². The van der Waals surface area contributed by atoms with Gasteiger partial charge in [-0.15, -0.1) is 0 Å². The predicted molar refractivity (Wildman–Crippen MR) is 329 cm³/mol. The zero-order valence-electron chi connectivity index (χ0n) is 48.6. The van der Waals surface area contributed by atoms with Crippen molar-refractivity contribution in [2.45, 2.75) is 182 Å². The van der Waals surface area contributed by atoms with Crippen LogP contribution in [-0.2, 0) is 0 Å². The summed E-state index contributed by atoms with van der Waals surface area (Å²) in [4.78, 5) is 54.1. The molecule has 0 fully saturated rings. The topological polar surface area (TPSA) is 319 Å². The van der Waals surface area contributed by atoms with Gasteiger partial charge in [-0.3, -0.25) is 4.90 Å². The first-order valence-corrected chi connectivity index (χ1v) is 29.9. The molecule has 23 nitrogen and oxygen atoms in total. The van der Waals surface area contributed by atoms with Gasteiger partial charge < -0.3 is 53.7 Å². The number of anilines is 14. The highest BCUT2D eigenvalue weighted by molar-refractivity contribution is 5.74. The van der Waals surface area contributed by atoms with Gasteiger partial charge in [0.1, 0.15) is 23.1 Å². The van der Waals surface area contributed by atoms with E-state index in [2.05, 4.69) is 83.8 Å². The molecule has 0 bridgehead atoms. The van der Waals surface area contributed by atoms with Crippen molar-refractivity contribution in [3.63, 3.8) is 0 Å². The fourth-order valence-corrected chi connectivity index (χ4v) is 8.97. The lowest BCUT2D eigenvalue weighted by molar-refractivity contribution is 0.120. The number of nitrogens with one attached hydrogen (secondary N) is 4. The standard InChI is InChI=1S/C58H91N21O2/c1-5-9-13-17-21-25-37-63-52-67-47(59)41-48(68-52)78(56-72-49(60)69-53(75-56)64-38-26-22-18-14-10-6-2)43-29-33-45(34-30-43)80-42-81-46-35-31-44(32-36-46)79(57-73-50(61)70-54(76-57)65-39-27-23-19-15-11-7-3)58-74-51(62)71-55(77-58)66-40-28-24-20-16-12-8-4/h29-36,41H,5-28,37-40,42H2,1-4H3,(H3,59,63,67,68)(H3,60,64,69,72,75)(H3,61,65,70,73,76)(H3,62,66,71,74,77). The summed E-state index contributed by atoms with van der Waals surface area (Å²) in [6.07, 6.45) is 27.8. The van der Waals surface area contributed by atoms with Crippen molar-refractivity contribution >= 4 is 82.5 Å². The lowest BCUT2D eigenvalue weighted by Gasteiger charge is -2.23. The van der Waals surface area contributed by atoms with Crippen LogP contribution < -0.4 is 63.5 Å². The van der Waals surface area contributed by atoms with Crippen LogP contribution in [0.4, 0.5) is 82.5 Å². The third-order valence-electron chi connectivity index (χ3n) is 13.4. The van der Waals surface area contributed by atoms with Gasteiger partial charge >= 0.3 is 0 Å². The Balaban J connectivity index is 1.18. The van der Waals surface area contributed by atoms with Crippen molar-refractivity contribution in [1.29, 1.82) is 0 Å². The highest BCUT2D eigenvalue weighted by Crippen LogP contribution is 2.35. The van der Waals surface area contributed by atoms with Crippen LogP contribution in [0.5, 0.6) is 11.5 Å². The van der Waals surface area contributed by atoms with E-state index in [0.29, 0.717) is 78.7 Å². The minimum absolute atomic E-state index is 0.0342. The molecule has 81 heavy (non-hydrogen) atoms. The average Bonchev–Trinajstić information content (AvgIpc) is 3.47. The van der Waals surface area contributed by atoms with E-state index in [1.807, 2.05) is 36.4 Å². The third-order valence-corrected chi connectivity index (χ3v) is 13.4. The van der Waals surface area contributed by atoms with Crippen molar-refractivity contribution < 1.29 is 9.47 Å². The summed E-state index contributed by atoms with van der Waals surface area (Å²) >= 11 is 0. The number of aromatic nitrogens is 11. The molecule has 0 amide bonds. The average molecular weight is 1110 g/mol. The zero-order chi connectivity index (χ0) is 57.3. The fraction of sp³-hybridized carbons (Fsp3) is 0.569. The van der Waals surface area contributed by atoms with Gasteiger partial charge in [-0.05, 0) is 74.2 Å². The molecule has 440 valence electrons. The van der Waals surface area contributed by atoms with E-state index in [0.717, 1.165) is 51.4 Å². The maximum absolute atomic E-state index is 6.44. The zero-order valence-corrected chi connectivity index (χ0v) is 48.6. The number of hydrogen-bond donors (Lipinski definition) is 8. The summed E-state index contributed by atoms with van der Waals surface area (Å²) < 4.78 is 12.3. The molecule has 0 aliphatic carbocycles. The molecule has 0 aliphatic heterocycles. The maximum atomic E-state index is 6.44. The number of ether oxygens (including phenoxy) is 2. The number of nitrogens with zero attached hydrogens (tertiary/aromatic N) is 13. The summed E-state index contributed by atoms with van der Waals surface area (Å²) in [5, 5.41) is 13.4. The Kier molecular flexibility index (Phi) is 27.5. The van der Waals surface area contributed by atoms with E-state index >= 15 is 0 Å². The Morgan fingerprint density at radius 3 is 1.01 bits per heavy atom. The molecule has 0 saturated carbocycles. The minimum atomic E-state index is -0.102. The molecule has 4 heterocycles. The SMILES string of the molecule is CCCCCCCCNc1nc(N)cc(N(c2ccc(OCOc3ccc(N(c4nc(N)nc(NCCCCCCCC)n4)c4nc(N)nc(NCCCCCCCC)n4)cc3)cc2)c2nc(N)nc(NCCCCCCCC)n2)n1. The summed E-state index contributed by atoms with van der Waals surface area (Å²) in [6, 6.07) is 16.4. The van der Waals surface area contributed by atoms with Gasteiger partial charge in [0.25, 0.3) is 0 Å². The molecule has 0 atom stereocenters. The number of hydrogen-bond acceptors (Lipinski definition) is 23. The van der Waals surface area contributed by atoms with E-state index in [1.54, 1.807) is 28.0 Å². The van der Waals surface area contributed by atoms with Crippen LogP contribution in [0.2, 0.25) is 0 Å². The monoisotopic (exact) mass is 1110 g/mol. The number of unbranched alkanes of at least 4 members (excludes halogenated alkanes) is 20. The quantitative estimate of drug-likeness (QED) is 0.0130. The van der Waals surface area contributed by atoms with Crippen molar-refractivity contribution in [2.24, 2.45) is 0 Å². The summed E-state index contributed by atoms with van der Waals surface area (Å²) in [5.74, 6) is 4.02. The van der Waals surface area contributed by atoms with Gasteiger partial charge in [-0.2, -0.15) is 54.8 Å². The molecule has 2 aromatic carbocycles. The first-order valence-electron chi connectivity index (χ1n) is 29.9. The van der Waals surface area contributed by atoms with Crippen molar-refractivity contribution in [1.82, 2.24) is 54.8 Å². The Morgan fingerprint density at radius 1 is 0.346 bits per heavy atom. The Bertz CT molecular complexity index is 2380. The molecule has 4 aromatic heterocycles. The molecule has 0 radical (unpaired) electrons. The fourth-order valence-electron chi connectivity index (χ4n) is 8.97. The second kappa shape index (κ2) is 35.7. The van der Waals surface area contributed by atoms with Crippen LogP contribution in [0.15, 0.2) is 54.6 Å². The molecule has 0 unspecified atom stereocenters. The molecule has 0 aliphatic rings. The normalized spacial score (nSPS) is 11.1. The summed E-state index contributed by atoms with van der Waals surface area (Å²) in [5.41, 5.74) is 26.7. The van der Waals surface area contributed by atoms with Crippen molar-refractivity contribution in [3.05, 3.63) is 54.6 Å². The van der Waals surface area contributed by atoms with E-state index in [9.17, 15) is 0 Å². The number of nitrogens with two attached hydrogens (primary N) is 4. The van der Waals surface area contributed by atoms with Gasteiger partial charge in [-0.1, -0.05) is 156 Å². The van der Waals surface area contributed by atoms with Crippen LogP contribution in [0.1, 0.15) is 182 Å². The van der Waals surface area contributed by atoms with E-state index in [4.69, 9.17) is 52.3 Å². The maximum Gasteiger partial charge on any atom is 0.243 e. The molecular weight excluding hydrogens is 1020 g/mol. The van der Waals surface area contributed by atoms with Crippen LogP contribution >= 0.6 is 0 Å². The number of rotatable bonds is 42. The summed E-state index contributed by atoms with van der Waals surface area (Å²) in [7, 11) is 0. The Hall–Kier alpha value is -7.85. The second-order valence-electron chi connectivity index (χ2n) is 20.3. The summed E-state index contributed by atoms with van der Waals surface area (Å²) in [6.45, 7) is 11.5. The number of nitrogen functional groups attached to an aromatic ring is 4. The number of benzene rings is 2. The Labute approximate surface area is 479 Å². The lowest BCUT2D eigenvalue weighted by Crippen LogP contribution is -2.21. The van der Waals surface area contributed by atoms with Crippen LogP contribution in [-0.4, -0.2) is 87.8 Å². The predicted octanol–water partition coefficient (Wildman–Crippen LogP) is 12.8. The molecule has 0 spiro atoms. The lowest BCUT2D eigenvalue weighted by atomic mass is 10.1. The van der Waals surface area contributed by atoms with Gasteiger partial charge in [0.2, 0.25) is 66.3 Å². The van der Waals surface area contributed by atoms with E-state index in [1.165, 1.54) is 103 Å². The van der Waals surface area contributed by atoms with Crippen LogP contribution in [0, 0.1) is 0 Å². The highest BCUT2D eigenvalue weighted by atomic mass is 16.7. The Morgan fingerprint density at radius 2 is 0.654 bits per heavy atom. The molecule has 6 aromatic rings. The van der Waals surface area contributed by atoms with Gasteiger partial charge in [-0.25, -0.2) is 4.90 Å². The molecular formula is C58H91N21O2. The largest absolute Gasteiger partial charge is 0.458 e. The minimum Gasteiger partial charge on any atom is -0.458 e. The van der Waals surface area contributed by atoms with Gasteiger partial charge in [0, 0.05) is 32.2 Å². The molecule has 12 N–H and O–H groups in total. The first kappa shape index (κ1) is 62.3. The highest BCUT2D eigenvalue weighted by Gasteiger charge is 2.24. The van der Waals surface area contributed by atoms with E-state index in [-0.39, 0.29) is 48.3 Å². The molecule has 23 heteroatoms. The first-order chi connectivity index (χ1) is 39.7. The molecule has 0 saturated heterocycles. The van der Waals surface area contributed by atoms with Gasteiger partial charge in [0.15, 0.2) is 0 Å². The van der Waals surface area contributed by atoms with Crippen molar-refractivity contribution in [3.8, 4) is 11.5 Å². The smallest absolute Gasteiger partial charge is 0.243 e. The molecule has 6 rings (SSSR count). The third kappa shape index (κ3) is 22.3.